The van der Waals surface area contributed by atoms with Crippen LogP contribution in [0.1, 0.15) is 24.2 Å². The van der Waals surface area contributed by atoms with Crippen LogP contribution >= 0.6 is 11.7 Å². The fourth-order valence-corrected chi connectivity index (χ4v) is 3.68. The van der Waals surface area contributed by atoms with E-state index in [1.54, 1.807) is 47.4 Å². The number of fused-ring (bicyclic) bond motifs is 2. The standard InChI is InChI=1S/C21H20N4O3S/c1-4-9-25-17-8-6-14(11-18(17)28-12-21(2,3)20(25)27)22-19(26)13-5-7-15-16(10-13)24-29-23-15/h4-8,10-11H,1,9,12H2,2-3H3,(H,22,26). The van der Waals surface area contributed by atoms with E-state index in [2.05, 4.69) is 20.6 Å². The van der Waals surface area contributed by atoms with Crippen LogP contribution < -0.4 is 15.0 Å². The van der Waals surface area contributed by atoms with E-state index in [1.807, 2.05) is 13.8 Å². The van der Waals surface area contributed by atoms with Gasteiger partial charge in [0, 0.05) is 23.9 Å². The average Bonchev–Trinajstić information content (AvgIpc) is 3.15. The molecule has 8 heteroatoms. The molecule has 2 heterocycles. The Balaban J connectivity index is 1.62. The largest absolute Gasteiger partial charge is 0.490 e. The van der Waals surface area contributed by atoms with Crippen LogP contribution in [-0.4, -0.2) is 33.7 Å². The number of benzene rings is 2. The van der Waals surface area contributed by atoms with Gasteiger partial charge in [-0.15, -0.1) is 6.58 Å². The van der Waals surface area contributed by atoms with Crippen molar-refractivity contribution < 1.29 is 14.3 Å². The third-order valence-electron chi connectivity index (χ3n) is 4.75. The summed E-state index contributed by atoms with van der Waals surface area (Å²) < 4.78 is 14.2. The Bertz CT molecular complexity index is 1120. The van der Waals surface area contributed by atoms with Gasteiger partial charge in [-0.1, -0.05) is 6.08 Å². The van der Waals surface area contributed by atoms with Gasteiger partial charge in [-0.05, 0) is 44.2 Å². The molecule has 0 saturated carbocycles. The lowest BCUT2D eigenvalue weighted by Gasteiger charge is -2.27. The predicted octanol–water partition coefficient (Wildman–Crippen LogP) is 3.88. The second kappa shape index (κ2) is 7.29. The number of nitrogens with zero attached hydrogens (tertiary/aromatic N) is 3. The Labute approximate surface area is 172 Å². The van der Waals surface area contributed by atoms with E-state index in [0.29, 0.717) is 34.7 Å². The van der Waals surface area contributed by atoms with Gasteiger partial charge in [0.1, 0.15) is 23.4 Å². The number of carbonyl (C=O) groups excluding carboxylic acids is 2. The molecule has 148 valence electrons. The zero-order valence-electron chi connectivity index (χ0n) is 16.1. The highest BCUT2D eigenvalue weighted by Gasteiger charge is 2.37. The zero-order valence-corrected chi connectivity index (χ0v) is 17.0. The molecule has 0 saturated heterocycles. The average molecular weight is 408 g/mol. The zero-order chi connectivity index (χ0) is 20.6. The maximum atomic E-state index is 12.9. The highest BCUT2D eigenvalue weighted by molar-refractivity contribution is 7.00. The fraction of sp³-hybridized carbons (Fsp3) is 0.238. The summed E-state index contributed by atoms with van der Waals surface area (Å²) in [6.07, 6.45) is 1.68. The maximum Gasteiger partial charge on any atom is 0.255 e. The molecular weight excluding hydrogens is 388 g/mol. The Morgan fingerprint density at radius 1 is 1.28 bits per heavy atom. The van der Waals surface area contributed by atoms with Crippen LogP contribution in [0.15, 0.2) is 49.1 Å². The van der Waals surface area contributed by atoms with Crippen LogP contribution in [0.5, 0.6) is 5.75 Å². The van der Waals surface area contributed by atoms with E-state index < -0.39 is 5.41 Å². The molecule has 0 aliphatic carbocycles. The minimum atomic E-state index is -0.664. The maximum absolute atomic E-state index is 12.9. The summed E-state index contributed by atoms with van der Waals surface area (Å²) in [7, 11) is 0. The predicted molar refractivity (Wildman–Crippen MR) is 114 cm³/mol. The minimum absolute atomic E-state index is 0.0295. The Kier molecular flexibility index (Phi) is 4.79. The number of rotatable bonds is 4. The van der Waals surface area contributed by atoms with Gasteiger partial charge in [0.25, 0.3) is 5.91 Å². The first-order chi connectivity index (χ1) is 13.9. The third kappa shape index (κ3) is 3.58. The molecule has 2 aromatic carbocycles. The van der Waals surface area contributed by atoms with Crippen molar-refractivity contribution in [1.29, 1.82) is 0 Å². The number of hydrogen-bond donors (Lipinski definition) is 1. The van der Waals surface area contributed by atoms with Crippen molar-refractivity contribution in [2.24, 2.45) is 5.41 Å². The van der Waals surface area contributed by atoms with Crippen LogP contribution in [-0.2, 0) is 4.79 Å². The van der Waals surface area contributed by atoms with Crippen LogP contribution in [0, 0.1) is 5.41 Å². The molecule has 29 heavy (non-hydrogen) atoms. The van der Waals surface area contributed by atoms with Crippen molar-refractivity contribution in [3.8, 4) is 5.75 Å². The van der Waals surface area contributed by atoms with Crippen molar-refractivity contribution in [2.45, 2.75) is 13.8 Å². The summed E-state index contributed by atoms with van der Waals surface area (Å²) in [5, 5.41) is 2.88. The molecule has 0 bridgehead atoms. The van der Waals surface area contributed by atoms with E-state index >= 15 is 0 Å². The molecule has 0 fully saturated rings. The first-order valence-electron chi connectivity index (χ1n) is 9.12. The number of hydrogen-bond acceptors (Lipinski definition) is 6. The quantitative estimate of drug-likeness (QED) is 0.662. The van der Waals surface area contributed by atoms with E-state index in [1.165, 1.54) is 0 Å². The lowest BCUT2D eigenvalue weighted by Crippen LogP contribution is -2.42. The lowest BCUT2D eigenvalue weighted by molar-refractivity contribution is -0.127. The second-order valence-corrected chi connectivity index (χ2v) is 8.01. The van der Waals surface area contributed by atoms with Crippen molar-refractivity contribution in [2.75, 3.05) is 23.4 Å². The molecule has 0 unspecified atom stereocenters. The van der Waals surface area contributed by atoms with Gasteiger partial charge in [0.05, 0.1) is 22.8 Å². The summed E-state index contributed by atoms with van der Waals surface area (Å²) in [5.41, 5.74) is 2.52. The Morgan fingerprint density at radius 2 is 2.07 bits per heavy atom. The van der Waals surface area contributed by atoms with Crippen LogP contribution in [0.2, 0.25) is 0 Å². The Hall–Kier alpha value is -3.26. The number of carbonyl (C=O) groups is 2. The van der Waals surface area contributed by atoms with E-state index in [4.69, 9.17) is 4.74 Å². The van der Waals surface area contributed by atoms with Crippen LogP contribution in [0.25, 0.3) is 11.0 Å². The van der Waals surface area contributed by atoms with Crippen molar-refractivity contribution in [3.63, 3.8) is 0 Å². The molecule has 1 aliphatic heterocycles. The molecule has 0 atom stereocenters. The number of aromatic nitrogens is 2. The molecule has 0 radical (unpaired) electrons. The molecule has 3 aromatic rings. The van der Waals surface area contributed by atoms with Crippen molar-refractivity contribution in [3.05, 3.63) is 54.6 Å². The second-order valence-electron chi connectivity index (χ2n) is 7.48. The van der Waals surface area contributed by atoms with Gasteiger partial charge in [-0.2, -0.15) is 8.75 Å². The minimum Gasteiger partial charge on any atom is -0.490 e. The Morgan fingerprint density at radius 3 is 2.86 bits per heavy atom. The summed E-state index contributed by atoms with van der Waals surface area (Å²) in [5.74, 6) is 0.258. The summed E-state index contributed by atoms with van der Waals surface area (Å²) in [4.78, 5) is 27.2. The van der Waals surface area contributed by atoms with Crippen LogP contribution in [0.3, 0.4) is 0 Å². The first kappa shape index (κ1) is 19.1. The number of nitrogens with one attached hydrogen (secondary N) is 1. The molecule has 7 nitrogen and oxygen atoms in total. The molecule has 0 spiro atoms. The molecule has 1 N–H and O–H groups in total. The van der Waals surface area contributed by atoms with Gasteiger partial charge in [0.15, 0.2) is 0 Å². The highest BCUT2D eigenvalue weighted by Crippen LogP contribution is 2.38. The number of ether oxygens (including phenoxy) is 1. The number of amides is 2. The molecule has 1 aliphatic rings. The summed E-state index contributed by atoms with van der Waals surface area (Å²) in [6.45, 7) is 8.08. The van der Waals surface area contributed by atoms with Crippen molar-refractivity contribution in [1.82, 2.24) is 8.75 Å². The molecular formula is C21H20N4O3S. The molecule has 1 aromatic heterocycles. The van der Waals surface area contributed by atoms with Crippen LogP contribution in [0.4, 0.5) is 11.4 Å². The smallest absolute Gasteiger partial charge is 0.255 e. The SMILES string of the molecule is C=CCN1C(=O)C(C)(C)COc2cc(NC(=O)c3ccc4nsnc4c3)ccc21. The number of anilines is 2. The van der Waals surface area contributed by atoms with Crippen molar-refractivity contribution >= 4 is 46.0 Å². The first-order valence-corrected chi connectivity index (χ1v) is 9.85. The normalized spacial score (nSPS) is 15.4. The molecule has 4 rings (SSSR count). The van der Waals surface area contributed by atoms with Gasteiger partial charge in [-0.25, -0.2) is 0 Å². The van der Waals surface area contributed by atoms with E-state index in [-0.39, 0.29) is 18.4 Å². The fourth-order valence-electron chi connectivity index (χ4n) is 3.16. The third-order valence-corrected chi connectivity index (χ3v) is 5.31. The topological polar surface area (TPSA) is 84.4 Å². The summed E-state index contributed by atoms with van der Waals surface area (Å²) >= 11 is 1.11. The highest BCUT2D eigenvalue weighted by atomic mass is 32.1. The van der Waals surface area contributed by atoms with Gasteiger partial charge >= 0.3 is 0 Å². The molecule has 2 amide bonds. The van der Waals surface area contributed by atoms with E-state index in [9.17, 15) is 9.59 Å². The monoisotopic (exact) mass is 408 g/mol. The van der Waals surface area contributed by atoms with Gasteiger partial charge < -0.3 is 15.0 Å². The van der Waals surface area contributed by atoms with Gasteiger partial charge in [-0.3, -0.25) is 9.59 Å². The van der Waals surface area contributed by atoms with E-state index in [0.717, 1.165) is 17.2 Å². The lowest BCUT2D eigenvalue weighted by atomic mass is 9.93. The van der Waals surface area contributed by atoms with Gasteiger partial charge in [0.2, 0.25) is 5.91 Å². The summed E-state index contributed by atoms with van der Waals surface area (Å²) in [6, 6.07) is 10.5.